The Balaban J connectivity index is 1.62. The summed E-state index contributed by atoms with van der Waals surface area (Å²) >= 11 is 0. The van der Waals surface area contributed by atoms with Crippen molar-refractivity contribution in [2.45, 2.75) is 13.3 Å². The number of nitrogens with one attached hydrogen (secondary N) is 2. The predicted molar refractivity (Wildman–Crippen MR) is 97.3 cm³/mol. The summed E-state index contributed by atoms with van der Waals surface area (Å²) < 4.78 is 39.9. The summed E-state index contributed by atoms with van der Waals surface area (Å²) in [6, 6.07) is 12.6. The van der Waals surface area contributed by atoms with Gasteiger partial charge in [0.05, 0.1) is 24.0 Å². The minimum atomic E-state index is -1.55. The Hall–Kier alpha value is -3.35. The average Bonchev–Trinajstić information content (AvgIpc) is 2.65. The van der Waals surface area contributed by atoms with Crippen LogP contribution in [0.25, 0.3) is 0 Å². The topological polar surface area (TPSA) is 54.0 Å². The van der Waals surface area contributed by atoms with Crippen molar-refractivity contribution in [2.75, 3.05) is 10.6 Å². The van der Waals surface area contributed by atoms with E-state index in [0.29, 0.717) is 11.5 Å². The van der Waals surface area contributed by atoms with E-state index in [2.05, 4.69) is 15.6 Å². The molecule has 1 amide bonds. The van der Waals surface area contributed by atoms with E-state index in [1.54, 1.807) is 0 Å². The molecule has 7 heteroatoms. The smallest absolute Gasteiger partial charge is 0.229 e. The van der Waals surface area contributed by atoms with Crippen molar-refractivity contribution >= 4 is 23.1 Å². The molecule has 0 saturated carbocycles. The molecule has 0 spiro atoms. The fourth-order valence-electron chi connectivity index (χ4n) is 2.40. The van der Waals surface area contributed by atoms with E-state index >= 15 is 0 Å². The molecule has 0 unspecified atom stereocenters. The molecule has 0 radical (unpaired) electrons. The second kappa shape index (κ2) is 7.90. The van der Waals surface area contributed by atoms with Crippen molar-refractivity contribution in [3.05, 3.63) is 83.3 Å². The Morgan fingerprint density at radius 3 is 2.37 bits per heavy atom. The van der Waals surface area contributed by atoms with E-state index in [9.17, 15) is 18.0 Å². The van der Waals surface area contributed by atoms with Gasteiger partial charge in [0.25, 0.3) is 0 Å². The first-order chi connectivity index (χ1) is 12.9. The number of halogens is 3. The Morgan fingerprint density at radius 2 is 1.70 bits per heavy atom. The van der Waals surface area contributed by atoms with Crippen LogP contribution in [0.1, 0.15) is 11.1 Å². The first-order valence-electron chi connectivity index (χ1n) is 8.14. The largest absolute Gasteiger partial charge is 0.352 e. The third-order valence-electron chi connectivity index (χ3n) is 3.83. The van der Waals surface area contributed by atoms with Crippen LogP contribution in [0.3, 0.4) is 0 Å². The SMILES string of the molecule is Cc1ccc(CC(=O)Nc2ccc(Nc3ccc(F)c(F)c3F)cn2)cc1. The normalized spacial score (nSPS) is 10.5. The van der Waals surface area contributed by atoms with Gasteiger partial charge in [-0.05, 0) is 36.8 Å². The van der Waals surface area contributed by atoms with E-state index in [1.807, 2.05) is 31.2 Å². The third-order valence-corrected chi connectivity index (χ3v) is 3.83. The van der Waals surface area contributed by atoms with Crippen molar-refractivity contribution in [3.8, 4) is 0 Å². The van der Waals surface area contributed by atoms with Gasteiger partial charge in [0, 0.05) is 0 Å². The van der Waals surface area contributed by atoms with Crippen LogP contribution in [-0.2, 0) is 11.2 Å². The lowest BCUT2D eigenvalue weighted by atomic mass is 10.1. The molecule has 0 fully saturated rings. The van der Waals surface area contributed by atoms with Gasteiger partial charge in [0.2, 0.25) is 5.91 Å². The number of aryl methyl sites for hydroxylation is 1. The maximum Gasteiger partial charge on any atom is 0.229 e. The number of carbonyl (C=O) groups is 1. The highest BCUT2D eigenvalue weighted by Crippen LogP contribution is 2.23. The fraction of sp³-hybridized carbons (Fsp3) is 0.100. The van der Waals surface area contributed by atoms with Crippen LogP contribution in [0.4, 0.5) is 30.4 Å². The van der Waals surface area contributed by atoms with Gasteiger partial charge in [-0.3, -0.25) is 4.79 Å². The highest BCUT2D eigenvalue weighted by Gasteiger charge is 2.13. The summed E-state index contributed by atoms with van der Waals surface area (Å²) in [6.07, 6.45) is 1.56. The highest BCUT2D eigenvalue weighted by molar-refractivity contribution is 5.91. The number of hydrogen-bond donors (Lipinski definition) is 2. The van der Waals surface area contributed by atoms with Crippen LogP contribution in [-0.4, -0.2) is 10.9 Å². The molecule has 4 nitrogen and oxygen atoms in total. The van der Waals surface area contributed by atoms with Crippen molar-refractivity contribution in [1.82, 2.24) is 4.98 Å². The molecule has 0 aliphatic carbocycles. The van der Waals surface area contributed by atoms with Gasteiger partial charge < -0.3 is 10.6 Å². The first-order valence-corrected chi connectivity index (χ1v) is 8.14. The molecule has 27 heavy (non-hydrogen) atoms. The number of pyridine rings is 1. The van der Waals surface area contributed by atoms with Gasteiger partial charge in [0.1, 0.15) is 5.82 Å². The van der Waals surface area contributed by atoms with Gasteiger partial charge in [-0.1, -0.05) is 29.8 Å². The molecule has 3 aromatic rings. The molecule has 138 valence electrons. The quantitative estimate of drug-likeness (QED) is 0.638. The monoisotopic (exact) mass is 371 g/mol. The zero-order valence-corrected chi connectivity index (χ0v) is 14.4. The Kier molecular flexibility index (Phi) is 5.40. The minimum Gasteiger partial charge on any atom is -0.352 e. The van der Waals surface area contributed by atoms with E-state index in [1.165, 1.54) is 18.3 Å². The number of benzene rings is 2. The van der Waals surface area contributed by atoms with Crippen LogP contribution in [0.5, 0.6) is 0 Å². The summed E-state index contributed by atoms with van der Waals surface area (Å²) in [5.74, 6) is -4.02. The second-order valence-electron chi connectivity index (χ2n) is 5.99. The number of nitrogens with zero attached hydrogens (tertiary/aromatic N) is 1. The molecule has 2 N–H and O–H groups in total. The van der Waals surface area contributed by atoms with E-state index in [0.717, 1.165) is 23.3 Å². The third kappa shape index (κ3) is 4.63. The lowest BCUT2D eigenvalue weighted by Gasteiger charge is -2.09. The number of carbonyl (C=O) groups excluding carboxylic acids is 1. The maximum absolute atomic E-state index is 13.7. The van der Waals surface area contributed by atoms with Gasteiger partial charge in [0.15, 0.2) is 17.5 Å². The lowest BCUT2D eigenvalue weighted by molar-refractivity contribution is -0.115. The molecular formula is C20H16F3N3O. The average molecular weight is 371 g/mol. The van der Waals surface area contributed by atoms with Gasteiger partial charge in [-0.2, -0.15) is 0 Å². The van der Waals surface area contributed by atoms with Crippen LogP contribution in [0.15, 0.2) is 54.7 Å². The number of hydrogen-bond acceptors (Lipinski definition) is 3. The summed E-state index contributed by atoms with van der Waals surface area (Å²) in [7, 11) is 0. The van der Waals surface area contributed by atoms with E-state index < -0.39 is 17.5 Å². The summed E-state index contributed by atoms with van der Waals surface area (Å²) in [6.45, 7) is 1.97. The maximum atomic E-state index is 13.7. The lowest BCUT2D eigenvalue weighted by Crippen LogP contribution is -2.15. The number of aromatic nitrogens is 1. The van der Waals surface area contributed by atoms with Crippen LogP contribution < -0.4 is 10.6 Å². The standard InChI is InChI=1S/C20H16F3N3O/c1-12-2-4-13(5-3-12)10-18(27)26-17-9-6-14(11-24-17)25-16-8-7-15(21)19(22)20(16)23/h2-9,11,25H,10H2,1H3,(H,24,26,27). The van der Waals surface area contributed by atoms with Crippen molar-refractivity contribution in [2.24, 2.45) is 0 Å². The first kappa shape index (κ1) is 18.4. The molecule has 0 bridgehead atoms. The molecular weight excluding hydrogens is 355 g/mol. The van der Waals surface area contributed by atoms with Gasteiger partial charge in [-0.25, -0.2) is 18.2 Å². The second-order valence-corrected chi connectivity index (χ2v) is 5.99. The molecule has 1 heterocycles. The molecule has 2 aromatic carbocycles. The molecule has 0 atom stereocenters. The number of anilines is 3. The summed E-state index contributed by atoms with van der Waals surface area (Å²) in [5.41, 5.74) is 2.13. The van der Waals surface area contributed by atoms with Crippen LogP contribution >= 0.6 is 0 Å². The highest BCUT2D eigenvalue weighted by atomic mass is 19.2. The van der Waals surface area contributed by atoms with Crippen molar-refractivity contribution < 1.29 is 18.0 Å². The minimum absolute atomic E-state index is 0.210. The zero-order chi connectivity index (χ0) is 19.4. The Bertz CT molecular complexity index is 957. The molecule has 3 rings (SSSR count). The van der Waals surface area contributed by atoms with Gasteiger partial charge in [-0.15, -0.1) is 0 Å². The Morgan fingerprint density at radius 1 is 0.963 bits per heavy atom. The zero-order valence-electron chi connectivity index (χ0n) is 14.4. The molecule has 0 saturated heterocycles. The van der Waals surface area contributed by atoms with E-state index in [4.69, 9.17) is 0 Å². The van der Waals surface area contributed by atoms with Crippen molar-refractivity contribution in [3.63, 3.8) is 0 Å². The summed E-state index contributed by atoms with van der Waals surface area (Å²) in [5, 5.41) is 5.27. The van der Waals surface area contributed by atoms with Crippen LogP contribution in [0, 0.1) is 24.4 Å². The number of amides is 1. The van der Waals surface area contributed by atoms with Crippen LogP contribution in [0.2, 0.25) is 0 Å². The predicted octanol–water partition coefficient (Wildman–Crippen LogP) is 4.73. The summed E-state index contributed by atoms with van der Waals surface area (Å²) in [4.78, 5) is 16.1. The Labute approximate surface area is 154 Å². The van der Waals surface area contributed by atoms with Crippen molar-refractivity contribution in [1.29, 1.82) is 0 Å². The van der Waals surface area contributed by atoms with E-state index in [-0.39, 0.29) is 18.0 Å². The molecule has 1 aromatic heterocycles. The van der Waals surface area contributed by atoms with Gasteiger partial charge >= 0.3 is 0 Å². The fourth-order valence-corrected chi connectivity index (χ4v) is 2.40. The molecule has 0 aliphatic rings. The molecule has 0 aliphatic heterocycles. The number of rotatable bonds is 5.